The average molecular weight is 258 g/mol. The highest BCUT2D eigenvalue weighted by molar-refractivity contribution is 5.33. The highest BCUT2D eigenvalue weighted by atomic mass is 16.7. The van der Waals surface area contributed by atoms with Gasteiger partial charge in [0.25, 0.3) is 0 Å². The minimum Gasteiger partial charge on any atom is -0.455 e. The lowest BCUT2D eigenvalue weighted by Gasteiger charge is -2.18. The Morgan fingerprint density at radius 2 is 1.63 bits per heavy atom. The molecule has 2 aromatic rings. The van der Waals surface area contributed by atoms with E-state index in [1.165, 1.54) is 0 Å². The zero-order chi connectivity index (χ0) is 13.5. The van der Waals surface area contributed by atoms with Crippen molar-refractivity contribution in [3.05, 3.63) is 60.2 Å². The third kappa shape index (κ3) is 4.00. The van der Waals surface area contributed by atoms with E-state index in [1.54, 1.807) is 0 Å². The summed E-state index contributed by atoms with van der Waals surface area (Å²) < 4.78 is 11.4. The van der Waals surface area contributed by atoms with E-state index in [4.69, 9.17) is 14.6 Å². The van der Waals surface area contributed by atoms with Crippen LogP contribution in [0, 0.1) is 0 Å². The summed E-state index contributed by atoms with van der Waals surface area (Å²) in [6, 6.07) is 17.2. The number of rotatable bonds is 6. The second kappa shape index (κ2) is 6.81. The molecule has 2 rings (SSSR count). The molecule has 3 heteroatoms. The number of aliphatic hydroxyl groups excluding tert-OH is 1. The summed E-state index contributed by atoms with van der Waals surface area (Å²) in [5.41, 5.74) is 0.980. The average Bonchev–Trinajstić information content (AvgIpc) is 2.42. The van der Waals surface area contributed by atoms with Crippen molar-refractivity contribution in [3.8, 4) is 11.5 Å². The van der Waals surface area contributed by atoms with E-state index in [0.717, 1.165) is 17.1 Å². The van der Waals surface area contributed by atoms with Gasteiger partial charge < -0.3 is 14.6 Å². The van der Waals surface area contributed by atoms with Crippen LogP contribution in [0.2, 0.25) is 0 Å². The number of ether oxygens (including phenoxy) is 2. The summed E-state index contributed by atoms with van der Waals surface area (Å²) in [7, 11) is 0. The molecule has 1 atom stereocenters. The van der Waals surface area contributed by atoms with Crippen LogP contribution in [0.25, 0.3) is 0 Å². The summed E-state index contributed by atoms with van der Waals surface area (Å²) in [6.45, 7) is 1.96. The molecule has 0 fully saturated rings. The Morgan fingerprint density at radius 3 is 2.37 bits per heavy atom. The van der Waals surface area contributed by atoms with Gasteiger partial charge in [0.1, 0.15) is 11.5 Å². The summed E-state index contributed by atoms with van der Waals surface area (Å²) in [4.78, 5) is 0. The van der Waals surface area contributed by atoms with Crippen molar-refractivity contribution in [2.24, 2.45) is 0 Å². The lowest BCUT2D eigenvalue weighted by Crippen LogP contribution is -2.20. The van der Waals surface area contributed by atoms with Crippen molar-refractivity contribution in [3.63, 3.8) is 0 Å². The third-order valence-electron chi connectivity index (χ3n) is 2.69. The van der Waals surface area contributed by atoms with Gasteiger partial charge in [-0.25, -0.2) is 0 Å². The summed E-state index contributed by atoms with van der Waals surface area (Å²) >= 11 is 0. The predicted octanol–water partition coefficient (Wildman–Crippen LogP) is 3.03. The molecule has 19 heavy (non-hydrogen) atoms. The van der Waals surface area contributed by atoms with Crippen LogP contribution in [-0.2, 0) is 6.42 Å². The maximum atomic E-state index is 9.03. The second-order valence-electron chi connectivity index (χ2n) is 4.20. The van der Waals surface area contributed by atoms with E-state index in [2.05, 4.69) is 0 Å². The lowest BCUT2D eigenvalue weighted by molar-refractivity contribution is 0.0214. The first-order chi connectivity index (χ1) is 9.29. The van der Waals surface area contributed by atoms with Crippen LogP contribution < -0.4 is 9.47 Å². The summed E-state index contributed by atoms with van der Waals surface area (Å²) in [5, 5.41) is 9.03. The molecular formula is C16H18O3. The second-order valence-corrected chi connectivity index (χ2v) is 4.20. The fourth-order valence-electron chi connectivity index (χ4n) is 1.84. The molecule has 0 aromatic heterocycles. The molecule has 1 unspecified atom stereocenters. The van der Waals surface area contributed by atoms with Crippen LogP contribution >= 0.6 is 0 Å². The van der Waals surface area contributed by atoms with Crippen molar-refractivity contribution in [1.29, 1.82) is 0 Å². The van der Waals surface area contributed by atoms with E-state index < -0.39 is 0 Å². The molecule has 0 saturated carbocycles. The first-order valence-electron chi connectivity index (χ1n) is 6.36. The van der Waals surface area contributed by atoms with Crippen molar-refractivity contribution >= 4 is 0 Å². The Hall–Kier alpha value is -2.00. The number of benzene rings is 2. The lowest BCUT2D eigenvalue weighted by atomic mass is 10.1. The Bertz CT molecular complexity index is 496. The zero-order valence-electron chi connectivity index (χ0n) is 11.0. The van der Waals surface area contributed by atoms with Gasteiger partial charge in [0.05, 0.1) is 0 Å². The van der Waals surface area contributed by atoms with Gasteiger partial charge in [0.15, 0.2) is 0 Å². The van der Waals surface area contributed by atoms with E-state index in [1.807, 2.05) is 61.5 Å². The predicted molar refractivity (Wildman–Crippen MR) is 74.4 cm³/mol. The van der Waals surface area contributed by atoms with E-state index >= 15 is 0 Å². The largest absolute Gasteiger partial charge is 0.455 e. The topological polar surface area (TPSA) is 38.7 Å². The van der Waals surface area contributed by atoms with Gasteiger partial charge in [-0.1, -0.05) is 36.4 Å². The summed E-state index contributed by atoms with van der Waals surface area (Å²) in [6.07, 6.45) is 0.191. The van der Waals surface area contributed by atoms with E-state index in [-0.39, 0.29) is 12.9 Å². The number of para-hydroxylation sites is 2. The normalized spacial score (nSPS) is 11.9. The van der Waals surface area contributed by atoms with Crippen molar-refractivity contribution in [2.45, 2.75) is 19.6 Å². The molecular weight excluding hydrogens is 240 g/mol. The SMILES string of the molecule is CC(Oc1ccccc1)Oc1ccccc1CCO. The highest BCUT2D eigenvalue weighted by Crippen LogP contribution is 2.21. The highest BCUT2D eigenvalue weighted by Gasteiger charge is 2.08. The fraction of sp³-hybridized carbons (Fsp3) is 0.250. The van der Waals surface area contributed by atoms with Crippen LogP contribution in [0.4, 0.5) is 0 Å². The Kier molecular flexibility index (Phi) is 4.81. The Labute approximate surface area is 113 Å². The first kappa shape index (κ1) is 13.4. The first-order valence-corrected chi connectivity index (χ1v) is 6.36. The van der Waals surface area contributed by atoms with Crippen LogP contribution in [0.1, 0.15) is 12.5 Å². The Morgan fingerprint density at radius 1 is 0.947 bits per heavy atom. The van der Waals surface area contributed by atoms with Gasteiger partial charge >= 0.3 is 0 Å². The fourth-order valence-corrected chi connectivity index (χ4v) is 1.84. The molecule has 100 valence electrons. The maximum absolute atomic E-state index is 9.03. The third-order valence-corrected chi connectivity index (χ3v) is 2.69. The number of aliphatic hydroxyl groups is 1. The minimum atomic E-state index is -0.387. The van der Waals surface area contributed by atoms with Gasteiger partial charge in [-0.15, -0.1) is 0 Å². The van der Waals surface area contributed by atoms with Gasteiger partial charge in [0, 0.05) is 13.5 Å². The van der Waals surface area contributed by atoms with Crippen LogP contribution in [0.3, 0.4) is 0 Å². The standard InChI is InChI=1S/C16H18O3/c1-13(18-15-8-3-2-4-9-15)19-16-10-6-5-7-14(16)11-12-17/h2-10,13,17H,11-12H2,1H3. The molecule has 0 bridgehead atoms. The van der Waals surface area contributed by atoms with Gasteiger partial charge in [-0.3, -0.25) is 0 Å². The maximum Gasteiger partial charge on any atom is 0.238 e. The molecule has 1 N–H and O–H groups in total. The number of hydrogen-bond donors (Lipinski definition) is 1. The molecule has 0 saturated heterocycles. The monoisotopic (exact) mass is 258 g/mol. The molecule has 0 amide bonds. The summed E-state index contributed by atoms with van der Waals surface area (Å²) in [5.74, 6) is 1.52. The minimum absolute atomic E-state index is 0.105. The quantitative estimate of drug-likeness (QED) is 0.809. The molecule has 0 aliphatic rings. The van der Waals surface area contributed by atoms with Gasteiger partial charge in [0.2, 0.25) is 6.29 Å². The Balaban J connectivity index is 2.00. The van der Waals surface area contributed by atoms with Crippen LogP contribution in [-0.4, -0.2) is 18.0 Å². The molecule has 2 aromatic carbocycles. The van der Waals surface area contributed by atoms with Crippen molar-refractivity contribution in [2.75, 3.05) is 6.61 Å². The van der Waals surface area contributed by atoms with E-state index in [9.17, 15) is 0 Å². The van der Waals surface area contributed by atoms with Gasteiger partial charge in [-0.05, 0) is 30.2 Å². The smallest absolute Gasteiger partial charge is 0.238 e. The molecule has 0 heterocycles. The van der Waals surface area contributed by atoms with Gasteiger partial charge in [-0.2, -0.15) is 0 Å². The number of hydrogen-bond acceptors (Lipinski definition) is 3. The molecule has 0 aliphatic heterocycles. The van der Waals surface area contributed by atoms with Crippen LogP contribution in [0.15, 0.2) is 54.6 Å². The molecule has 0 aliphatic carbocycles. The van der Waals surface area contributed by atoms with Crippen LogP contribution in [0.5, 0.6) is 11.5 Å². The van der Waals surface area contributed by atoms with E-state index in [0.29, 0.717) is 6.42 Å². The molecule has 3 nitrogen and oxygen atoms in total. The molecule has 0 spiro atoms. The van der Waals surface area contributed by atoms with Crippen molar-refractivity contribution < 1.29 is 14.6 Å². The zero-order valence-corrected chi connectivity index (χ0v) is 11.0. The van der Waals surface area contributed by atoms with Crippen molar-refractivity contribution in [1.82, 2.24) is 0 Å². The molecule has 0 radical (unpaired) electrons.